The highest BCUT2D eigenvalue weighted by atomic mass is 19.1. The summed E-state index contributed by atoms with van der Waals surface area (Å²) in [6.07, 6.45) is 1.53. The number of nitrogens with zero attached hydrogens (tertiary/aromatic N) is 3. The number of benzene rings is 1. The molecule has 0 aliphatic carbocycles. The second-order valence-electron chi connectivity index (χ2n) is 6.18. The van der Waals surface area contributed by atoms with Crippen LogP contribution in [0.3, 0.4) is 0 Å². The van der Waals surface area contributed by atoms with Crippen LogP contribution in [0.1, 0.15) is 39.7 Å². The monoisotopic (exact) mass is 436 g/mol. The zero-order valence-electron chi connectivity index (χ0n) is 18.8. The van der Waals surface area contributed by atoms with Crippen molar-refractivity contribution in [1.82, 2.24) is 14.1 Å². The third-order valence-corrected chi connectivity index (χ3v) is 4.24. The summed E-state index contributed by atoms with van der Waals surface area (Å²) >= 11 is 0. The van der Waals surface area contributed by atoms with Crippen LogP contribution in [0.25, 0.3) is 11.0 Å². The minimum Gasteiger partial charge on any atom is -0.396 e. The molecule has 2 N–H and O–H groups in total. The van der Waals surface area contributed by atoms with Gasteiger partial charge in [-0.15, -0.1) is 0 Å². The number of anilines is 2. The number of halogens is 2. The molecule has 0 radical (unpaired) electrons. The van der Waals surface area contributed by atoms with Crippen LogP contribution in [-0.4, -0.2) is 25.8 Å². The van der Waals surface area contributed by atoms with Gasteiger partial charge in [0.2, 0.25) is 5.82 Å². The van der Waals surface area contributed by atoms with Crippen molar-refractivity contribution in [3.8, 4) is 0 Å². The third-order valence-electron chi connectivity index (χ3n) is 4.24. The molecule has 3 rings (SSSR count). The maximum Gasteiger partial charge on any atom is 0.290 e. The first kappa shape index (κ1) is 26.0. The summed E-state index contributed by atoms with van der Waals surface area (Å²) in [5, 5.41) is 11.3. The number of nitrogens with one attached hydrogen (secondary N) is 1. The second kappa shape index (κ2) is 11.9. The number of rotatable bonds is 5. The summed E-state index contributed by atoms with van der Waals surface area (Å²) in [5.41, 5.74) is -1.44. The summed E-state index contributed by atoms with van der Waals surface area (Å²) in [7, 11) is 1.30. The lowest BCUT2D eigenvalue weighted by Gasteiger charge is -2.14. The van der Waals surface area contributed by atoms with E-state index in [9.17, 15) is 18.4 Å². The van der Waals surface area contributed by atoms with Gasteiger partial charge in [0.05, 0.1) is 17.7 Å². The number of aromatic nitrogens is 3. The molecule has 2 heterocycles. The molecule has 0 amide bonds. The Labute approximate surface area is 180 Å². The number of pyridine rings is 1. The molecule has 2 aromatic heterocycles. The fourth-order valence-corrected chi connectivity index (χ4v) is 2.79. The summed E-state index contributed by atoms with van der Waals surface area (Å²) in [4.78, 5) is 29.1. The highest BCUT2D eigenvalue weighted by Gasteiger charge is 2.21. The topological polar surface area (TPSA) is 89.2 Å². The minimum absolute atomic E-state index is 0.0262. The van der Waals surface area contributed by atoms with E-state index in [4.69, 9.17) is 5.11 Å². The SMILES string of the molecule is CC.CC.Cc1ccc(Nc2c(F)c(=O)n(C)c3ncn(CCCO)c(=O)c23)c(F)c1. The van der Waals surface area contributed by atoms with Crippen LogP contribution in [-0.2, 0) is 13.6 Å². The van der Waals surface area contributed by atoms with Crippen LogP contribution in [0, 0.1) is 18.6 Å². The van der Waals surface area contributed by atoms with Crippen LogP contribution in [0.15, 0.2) is 34.1 Å². The number of hydrogen-bond donors (Lipinski definition) is 2. The number of hydrogen-bond acceptors (Lipinski definition) is 5. The molecule has 0 aliphatic heterocycles. The van der Waals surface area contributed by atoms with E-state index in [0.29, 0.717) is 12.0 Å². The maximum absolute atomic E-state index is 14.7. The molecule has 0 aliphatic rings. The first-order valence-electron chi connectivity index (χ1n) is 10.3. The Morgan fingerprint density at radius 3 is 2.32 bits per heavy atom. The molecule has 0 saturated heterocycles. The normalized spacial score (nSPS) is 10.1. The number of aryl methyl sites for hydroxylation is 3. The van der Waals surface area contributed by atoms with E-state index in [1.807, 2.05) is 27.7 Å². The van der Waals surface area contributed by atoms with Crippen molar-refractivity contribution < 1.29 is 13.9 Å². The van der Waals surface area contributed by atoms with Crippen molar-refractivity contribution in [2.24, 2.45) is 7.05 Å². The molecule has 1 aromatic carbocycles. The maximum atomic E-state index is 14.7. The van der Waals surface area contributed by atoms with Crippen molar-refractivity contribution in [3.63, 3.8) is 0 Å². The van der Waals surface area contributed by atoms with E-state index >= 15 is 0 Å². The Kier molecular flexibility index (Phi) is 10.0. The lowest BCUT2D eigenvalue weighted by molar-refractivity contribution is 0.279. The van der Waals surface area contributed by atoms with Crippen molar-refractivity contribution in [3.05, 3.63) is 62.4 Å². The number of fused-ring (bicyclic) bond motifs is 1. The van der Waals surface area contributed by atoms with E-state index in [1.54, 1.807) is 13.0 Å². The van der Waals surface area contributed by atoms with Gasteiger partial charge in [-0.3, -0.25) is 18.7 Å². The molecule has 0 atom stereocenters. The van der Waals surface area contributed by atoms with E-state index in [0.717, 1.165) is 4.57 Å². The first-order chi connectivity index (χ1) is 14.8. The van der Waals surface area contributed by atoms with Gasteiger partial charge in [-0.2, -0.15) is 4.39 Å². The lowest BCUT2D eigenvalue weighted by Crippen LogP contribution is -2.29. The molecule has 0 fully saturated rings. The van der Waals surface area contributed by atoms with Gasteiger partial charge in [0.25, 0.3) is 11.1 Å². The fourth-order valence-electron chi connectivity index (χ4n) is 2.79. The van der Waals surface area contributed by atoms with E-state index in [1.165, 1.54) is 30.1 Å². The van der Waals surface area contributed by atoms with Gasteiger partial charge in [-0.1, -0.05) is 33.8 Å². The molecule has 9 heteroatoms. The molecule has 31 heavy (non-hydrogen) atoms. The van der Waals surface area contributed by atoms with Crippen LogP contribution >= 0.6 is 0 Å². The van der Waals surface area contributed by atoms with Crippen LogP contribution < -0.4 is 16.4 Å². The third kappa shape index (κ3) is 5.55. The first-order valence-corrected chi connectivity index (χ1v) is 10.3. The van der Waals surface area contributed by atoms with Crippen molar-refractivity contribution in [1.29, 1.82) is 0 Å². The number of aliphatic hydroxyl groups excluding tert-OH is 1. The second-order valence-corrected chi connectivity index (χ2v) is 6.18. The zero-order valence-corrected chi connectivity index (χ0v) is 18.8. The van der Waals surface area contributed by atoms with Gasteiger partial charge in [0.15, 0.2) is 5.65 Å². The summed E-state index contributed by atoms with van der Waals surface area (Å²) in [6, 6.07) is 4.26. The molecule has 0 bridgehead atoms. The minimum atomic E-state index is -1.20. The Morgan fingerprint density at radius 2 is 1.74 bits per heavy atom. The largest absolute Gasteiger partial charge is 0.396 e. The van der Waals surface area contributed by atoms with Crippen molar-refractivity contribution >= 4 is 22.4 Å². The highest BCUT2D eigenvalue weighted by Crippen LogP contribution is 2.26. The van der Waals surface area contributed by atoms with Gasteiger partial charge in [0.1, 0.15) is 11.2 Å². The van der Waals surface area contributed by atoms with Gasteiger partial charge in [-0.25, -0.2) is 9.37 Å². The quantitative estimate of drug-likeness (QED) is 0.634. The molecule has 0 unspecified atom stereocenters. The molecule has 3 aromatic rings. The molecular formula is C22H30F2N4O3. The Morgan fingerprint density at radius 1 is 1.10 bits per heavy atom. The lowest BCUT2D eigenvalue weighted by atomic mass is 10.2. The van der Waals surface area contributed by atoms with Crippen molar-refractivity contribution in [2.45, 2.75) is 47.6 Å². The summed E-state index contributed by atoms with van der Waals surface area (Å²) < 4.78 is 31.1. The van der Waals surface area contributed by atoms with Crippen molar-refractivity contribution in [2.75, 3.05) is 11.9 Å². The zero-order chi connectivity index (χ0) is 23.7. The molecule has 7 nitrogen and oxygen atoms in total. The smallest absolute Gasteiger partial charge is 0.290 e. The molecule has 0 saturated carbocycles. The van der Waals surface area contributed by atoms with E-state index < -0.39 is 28.4 Å². The highest BCUT2D eigenvalue weighted by molar-refractivity contribution is 5.90. The van der Waals surface area contributed by atoms with Gasteiger partial charge in [0, 0.05) is 20.2 Å². The predicted octanol–water partition coefficient (Wildman–Crippen LogP) is 3.86. The van der Waals surface area contributed by atoms with Crippen LogP contribution in [0.5, 0.6) is 0 Å². The van der Waals surface area contributed by atoms with Gasteiger partial charge < -0.3 is 10.4 Å². The average molecular weight is 437 g/mol. The Hall–Kier alpha value is -3.07. The predicted molar refractivity (Wildman–Crippen MR) is 120 cm³/mol. The van der Waals surface area contributed by atoms with Gasteiger partial charge >= 0.3 is 0 Å². The molecular weight excluding hydrogens is 406 g/mol. The van der Waals surface area contributed by atoms with Gasteiger partial charge in [-0.05, 0) is 31.0 Å². The van der Waals surface area contributed by atoms with Crippen LogP contribution in [0.2, 0.25) is 0 Å². The molecule has 170 valence electrons. The summed E-state index contributed by atoms with van der Waals surface area (Å²) in [6.45, 7) is 9.73. The Balaban J connectivity index is 0.00000113. The van der Waals surface area contributed by atoms with E-state index in [-0.39, 0.29) is 29.9 Å². The molecule has 0 spiro atoms. The summed E-state index contributed by atoms with van der Waals surface area (Å²) in [5.74, 6) is -1.85. The van der Waals surface area contributed by atoms with Crippen LogP contribution in [0.4, 0.5) is 20.2 Å². The standard InChI is InChI=1S/C18H18F2N4O3.2C2H6/c1-10-4-5-12(11(19)8-10)22-15-13-16(23(2)18(27)14(15)20)21-9-24(17(13)26)6-3-7-25;2*1-2/h4-5,8-9,22,25H,3,6-7H2,1-2H3;2*1-2H3. The fraction of sp³-hybridized carbons (Fsp3) is 0.409. The number of aliphatic hydroxyl groups is 1. The Bertz CT molecular complexity index is 1140. The van der Waals surface area contributed by atoms with E-state index in [2.05, 4.69) is 10.3 Å². The average Bonchev–Trinajstić information content (AvgIpc) is 2.78.